The molecule has 0 bridgehead atoms. The highest BCUT2D eigenvalue weighted by Gasteiger charge is 2.06. The van der Waals surface area contributed by atoms with Crippen molar-refractivity contribution in [1.82, 2.24) is 0 Å². The van der Waals surface area contributed by atoms with Gasteiger partial charge in [0.1, 0.15) is 5.75 Å². The Balaban J connectivity index is 3.22. The van der Waals surface area contributed by atoms with Gasteiger partial charge in [0, 0.05) is 6.07 Å². The van der Waals surface area contributed by atoms with E-state index in [1.54, 1.807) is 6.07 Å². The molecule has 0 aromatic heterocycles. The molecule has 14 heavy (non-hydrogen) atoms. The Labute approximate surface area is 91.5 Å². The fourth-order valence-electron chi connectivity index (χ4n) is 0.899. The molecule has 0 fully saturated rings. The zero-order valence-electron chi connectivity index (χ0n) is 7.42. The maximum atomic E-state index is 5.87. The van der Waals surface area contributed by atoms with E-state index < -0.39 is 0 Å². The number of halogens is 2. The highest BCUT2D eigenvalue weighted by Crippen LogP contribution is 2.35. The molecule has 0 spiro atoms. The summed E-state index contributed by atoms with van der Waals surface area (Å²) in [5.41, 5.74) is 10.8. The molecule has 0 radical (unpaired) electrons. The smallest absolute Gasteiger partial charge is 0.191 e. The summed E-state index contributed by atoms with van der Waals surface area (Å²) in [5.74, 6) is 0.402. The van der Waals surface area contributed by atoms with Crippen molar-refractivity contribution in [3.63, 3.8) is 0 Å². The summed E-state index contributed by atoms with van der Waals surface area (Å²) in [6.45, 7) is 0. The Morgan fingerprint density at radius 2 is 1.93 bits per heavy atom. The van der Waals surface area contributed by atoms with E-state index in [9.17, 15) is 0 Å². The summed E-state index contributed by atoms with van der Waals surface area (Å²) in [7, 11) is 1.50. The number of ether oxygens (including phenoxy) is 1. The molecule has 0 saturated heterocycles. The molecule has 0 atom stereocenters. The zero-order valence-corrected chi connectivity index (χ0v) is 8.93. The standard InChI is InChI=1S/C8H9Cl2N3O/c1-14-7-3-4(9)6(2-5(7)10)13-8(11)12/h2-3H,1H3,(H4,11,12,13). The van der Waals surface area contributed by atoms with Gasteiger partial charge in [0.15, 0.2) is 5.96 Å². The van der Waals surface area contributed by atoms with Crippen molar-refractivity contribution in [1.29, 1.82) is 0 Å². The quantitative estimate of drug-likeness (QED) is 0.606. The molecule has 4 N–H and O–H groups in total. The molecule has 1 aromatic rings. The molecule has 4 nitrogen and oxygen atoms in total. The van der Waals surface area contributed by atoms with E-state index in [2.05, 4.69) is 4.99 Å². The van der Waals surface area contributed by atoms with Gasteiger partial charge in [0.2, 0.25) is 0 Å². The minimum Gasteiger partial charge on any atom is -0.495 e. The van der Waals surface area contributed by atoms with Crippen LogP contribution in [0.4, 0.5) is 5.69 Å². The van der Waals surface area contributed by atoms with Crippen LogP contribution in [0.2, 0.25) is 10.0 Å². The summed E-state index contributed by atoms with van der Waals surface area (Å²) in [6, 6.07) is 3.08. The van der Waals surface area contributed by atoms with Crippen molar-refractivity contribution in [3.05, 3.63) is 22.2 Å². The lowest BCUT2D eigenvalue weighted by atomic mass is 10.3. The zero-order chi connectivity index (χ0) is 10.7. The summed E-state index contributed by atoms with van der Waals surface area (Å²) in [5, 5.41) is 0.775. The first-order valence-corrected chi connectivity index (χ1v) is 4.43. The largest absolute Gasteiger partial charge is 0.495 e. The van der Waals surface area contributed by atoms with Gasteiger partial charge in [0.05, 0.1) is 22.8 Å². The number of rotatable bonds is 2. The second-order valence-corrected chi connectivity index (χ2v) is 3.29. The van der Waals surface area contributed by atoms with Gasteiger partial charge in [-0.05, 0) is 6.07 Å². The molecule has 6 heteroatoms. The van der Waals surface area contributed by atoms with E-state index in [0.717, 1.165) is 0 Å². The van der Waals surface area contributed by atoms with Crippen LogP contribution in [-0.4, -0.2) is 13.1 Å². The topological polar surface area (TPSA) is 73.6 Å². The molecular formula is C8H9Cl2N3O. The molecule has 0 aliphatic heterocycles. The predicted octanol–water partition coefficient (Wildman–Crippen LogP) is 1.91. The minimum atomic E-state index is -0.0758. The summed E-state index contributed by atoms with van der Waals surface area (Å²) in [4.78, 5) is 3.80. The van der Waals surface area contributed by atoms with Crippen LogP contribution in [0.1, 0.15) is 0 Å². The number of guanidine groups is 1. The first-order chi connectivity index (χ1) is 6.54. The number of hydrogen-bond donors (Lipinski definition) is 2. The van der Waals surface area contributed by atoms with Gasteiger partial charge in [-0.1, -0.05) is 23.2 Å². The molecule has 0 aliphatic carbocycles. The second kappa shape index (κ2) is 4.39. The number of benzene rings is 1. The summed E-state index contributed by atoms with van der Waals surface area (Å²) < 4.78 is 4.96. The lowest BCUT2D eigenvalue weighted by Gasteiger charge is -2.05. The molecular weight excluding hydrogens is 225 g/mol. The average molecular weight is 234 g/mol. The Kier molecular flexibility index (Phi) is 3.43. The van der Waals surface area contributed by atoms with Gasteiger partial charge >= 0.3 is 0 Å². The van der Waals surface area contributed by atoms with Gasteiger partial charge in [-0.3, -0.25) is 0 Å². The van der Waals surface area contributed by atoms with Gasteiger partial charge in [0.25, 0.3) is 0 Å². The van der Waals surface area contributed by atoms with Crippen LogP contribution >= 0.6 is 23.2 Å². The Morgan fingerprint density at radius 1 is 1.29 bits per heavy atom. The molecule has 1 aromatic carbocycles. The molecule has 1 rings (SSSR count). The maximum absolute atomic E-state index is 5.87. The van der Waals surface area contributed by atoms with Gasteiger partial charge in [-0.15, -0.1) is 0 Å². The molecule has 0 saturated carbocycles. The Hall–Kier alpha value is -1.13. The van der Waals surface area contributed by atoms with Gasteiger partial charge in [-0.2, -0.15) is 0 Å². The number of hydrogen-bond acceptors (Lipinski definition) is 2. The minimum absolute atomic E-state index is 0.0758. The highest BCUT2D eigenvalue weighted by molar-refractivity contribution is 6.36. The van der Waals surface area contributed by atoms with Crippen LogP contribution < -0.4 is 16.2 Å². The van der Waals surface area contributed by atoms with Crippen LogP contribution in [0.5, 0.6) is 5.75 Å². The highest BCUT2D eigenvalue weighted by atomic mass is 35.5. The lowest BCUT2D eigenvalue weighted by Crippen LogP contribution is -2.21. The Bertz CT molecular complexity index is 375. The van der Waals surface area contributed by atoms with E-state index in [0.29, 0.717) is 21.5 Å². The average Bonchev–Trinajstić information content (AvgIpc) is 2.10. The lowest BCUT2D eigenvalue weighted by molar-refractivity contribution is 0.415. The second-order valence-electron chi connectivity index (χ2n) is 2.47. The SMILES string of the molecule is COc1cc(Cl)c(N=C(N)N)cc1Cl. The summed E-state index contributed by atoms with van der Waals surface area (Å²) in [6.07, 6.45) is 0. The van der Waals surface area contributed by atoms with E-state index in [1.165, 1.54) is 13.2 Å². The third kappa shape index (κ3) is 2.43. The molecule has 0 aliphatic rings. The first-order valence-electron chi connectivity index (χ1n) is 3.67. The van der Waals surface area contributed by atoms with Crippen molar-refractivity contribution in [2.24, 2.45) is 16.5 Å². The van der Waals surface area contributed by atoms with E-state index in [4.69, 9.17) is 39.4 Å². The van der Waals surface area contributed by atoms with E-state index in [1.807, 2.05) is 0 Å². The van der Waals surface area contributed by atoms with Crippen LogP contribution in [0, 0.1) is 0 Å². The predicted molar refractivity (Wildman–Crippen MR) is 58.5 cm³/mol. The number of aliphatic imine (C=N–C) groups is 1. The molecule has 0 heterocycles. The number of nitrogens with zero attached hydrogens (tertiary/aromatic N) is 1. The van der Waals surface area contributed by atoms with Crippen molar-refractivity contribution in [2.45, 2.75) is 0 Å². The van der Waals surface area contributed by atoms with Gasteiger partial charge in [-0.25, -0.2) is 4.99 Å². The van der Waals surface area contributed by atoms with Crippen molar-refractivity contribution >= 4 is 34.8 Å². The van der Waals surface area contributed by atoms with E-state index >= 15 is 0 Å². The monoisotopic (exact) mass is 233 g/mol. The fourth-order valence-corrected chi connectivity index (χ4v) is 1.33. The van der Waals surface area contributed by atoms with Crippen molar-refractivity contribution in [2.75, 3.05) is 7.11 Å². The molecule has 0 unspecified atom stereocenters. The number of nitrogens with two attached hydrogens (primary N) is 2. The maximum Gasteiger partial charge on any atom is 0.191 e. The van der Waals surface area contributed by atoms with Crippen LogP contribution in [0.15, 0.2) is 17.1 Å². The van der Waals surface area contributed by atoms with Crippen LogP contribution in [0.25, 0.3) is 0 Å². The van der Waals surface area contributed by atoms with E-state index in [-0.39, 0.29) is 5.96 Å². The van der Waals surface area contributed by atoms with Crippen molar-refractivity contribution < 1.29 is 4.74 Å². The van der Waals surface area contributed by atoms with Gasteiger partial charge < -0.3 is 16.2 Å². The fraction of sp³-hybridized carbons (Fsp3) is 0.125. The molecule has 76 valence electrons. The third-order valence-electron chi connectivity index (χ3n) is 1.47. The Morgan fingerprint density at radius 3 is 2.43 bits per heavy atom. The summed E-state index contributed by atoms with van der Waals surface area (Å²) >= 11 is 11.7. The first kappa shape index (κ1) is 10.9. The van der Waals surface area contributed by atoms with Crippen LogP contribution in [-0.2, 0) is 0 Å². The van der Waals surface area contributed by atoms with Crippen molar-refractivity contribution in [3.8, 4) is 5.75 Å². The number of methoxy groups -OCH3 is 1. The van der Waals surface area contributed by atoms with Crippen LogP contribution in [0.3, 0.4) is 0 Å². The molecule has 0 amide bonds. The normalized spacial score (nSPS) is 9.64. The third-order valence-corrected chi connectivity index (χ3v) is 2.07.